The summed E-state index contributed by atoms with van der Waals surface area (Å²) < 4.78 is 6.89. The number of aromatic nitrogens is 3. The molecule has 112 valence electrons. The smallest absolute Gasteiger partial charge is 0.316 e. The summed E-state index contributed by atoms with van der Waals surface area (Å²) in [5.41, 5.74) is 0.856. The maximum atomic E-state index is 11.6. The van der Waals surface area contributed by atoms with Crippen LogP contribution in [0.15, 0.2) is 35.7 Å². The number of carbonyl (C=O) groups is 1. The van der Waals surface area contributed by atoms with Crippen molar-refractivity contribution in [3.8, 4) is 5.69 Å². The Balaban J connectivity index is 1.96. The number of halogens is 1. The van der Waals surface area contributed by atoms with E-state index in [-0.39, 0.29) is 11.7 Å². The number of esters is 1. The highest BCUT2D eigenvalue weighted by molar-refractivity contribution is 7.99. The van der Waals surface area contributed by atoms with E-state index in [2.05, 4.69) is 17.1 Å². The molecule has 0 aliphatic heterocycles. The monoisotopic (exact) mass is 325 g/mol. The van der Waals surface area contributed by atoms with Gasteiger partial charge in [-0.05, 0) is 24.6 Å². The number of hydrogen-bond acceptors (Lipinski definition) is 5. The summed E-state index contributed by atoms with van der Waals surface area (Å²) in [7, 11) is 0. The third kappa shape index (κ3) is 4.75. The van der Waals surface area contributed by atoms with Crippen molar-refractivity contribution in [1.29, 1.82) is 0 Å². The van der Waals surface area contributed by atoms with Gasteiger partial charge in [-0.25, -0.2) is 0 Å². The molecule has 0 spiro atoms. The molecule has 0 atom stereocenters. The van der Waals surface area contributed by atoms with Crippen LogP contribution in [0.2, 0.25) is 5.02 Å². The zero-order valence-corrected chi connectivity index (χ0v) is 13.2. The van der Waals surface area contributed by atoms with Gasteiger partial charge in [0.2, 0.25) is 0 Å². The summed E-state index contributed by atoms with van der Waals surface area (Å²) in [6.45, 7) is 2.52. The summed E-state index contributed by atoms with van der Waals surface area (Å²) in [5.74, 6) is -0.0303. The molecule has 0 saturated heterocycles. The zero-order valence-electron chi connectivity index (χ0n) is 11.7. The number of ether oxygens (including phenoxy) is 1. The Labute approximate surface area is 132 Å². The van der Waals surface area contributed by atoms with Crippen molar-refractivity contribution in [2.75, 3.05) is 12.4 Å². The van der Waals surface area contributed by atoms with E-state index in [0.717, 1.165) is 18.5 Å². The lowest BCUT2D eigenvalue weighted by atomic mass is 10.3. The zero-order chi connectivity index (χ0) is 15.1. The van der Waals surface area contributed by atoms with E-state index in [9.17, 15) is 4.79 Å². The Morgan fingerprint density at radius 2 is 2.33 bits per heavy atom. The second kappa shape index (κ2) is 8.05. The summed E-state index contributed by atoms with van der Waals surface area (Å²) in [4.78, 5) is 11.6. The minimum absolute atomic E-state index is 0.211. The maximum absolute atomic E-state index is 11.6. The normalized spacial score (nSPS) is 10.6. The van der Waals surface area contributed by atoms with Gasteiger partial charge in [-0.2, -0.15) is 0 Å². The van der Waals surface area contributed by atoms with Crippen LogP contribution in [0.4, 0.5) is 0 Å². The van der Waals surface area contributed by atoms with Crippen LogP contribution in [0.25, 0.3) is 5.69 Å². The topological polar surface area (TPSA) is 57.0 Å². The molecule has 5 nitrogen and oxygen atoms in total. The van der Waals surface area contributed by atoms with Crippen molar-refractivity contribution in [2.45, 2.75) is 24.9 Å². The largest absolute Gasteiger partial charge is 0.465 e. The average Bonchev–Trinajstić information content (AvgIpc) is 2.94. The first-order valence-corrected chi connectivity index (χ1v) is 8.01. The first-order valence-electron chi connectivity index (χ1n) is 6.65. The third-order valence-electron chi connectivity index (χ3n) is 2.68. The van der Waals surface area contributed by atoms with Crippen LogP contribution in [0, 0.1) is 0 Å². The highest BCUT2D eigenvalue weighted by atomic mass is 35.5. The number of unbranched alkanes of at least 4 members (excludes halogenated alkanes) is 1. The van der Waals surface area contributed by atoms with E-state index in [1.807, 2.05) is 18.2 Å². The summed E-state index contributed by atoms with van der Waals surface area (Å²) in [6, 6.07) is 7.37. The standard InChI is InChI=1S/C14H16ClN3O2S/c1-2-3-7-20-13(19)9-21-14-17-16-10-18(14)12-6-4-5-11(15)8-12/h4-6,8,10H,2-3,7,9H2,1H3. The van der Waals surface area contributed by atoms with Crippen molar-refractivity contribution in [1.82, 2.24) is 14.8 Å². The van der Waals surface area contributed by atoms with Gasteiger partial charge in [-0.1, -0.05) is 42.8 Å². The molecular weight excluding hydrogens is 310 g/mol. The highest BCUT2D eigenvalue weighted by Crippen LogP contribution is 2.21. The number of thioether (sulfide) groups is 1. The van der Waals surface area contributed by atoms with Gasteiger partial charge in [-0.15, -0.1) is 10.2 Å². The van der Waals surface area contributed by atoms with Crippen molar-refractivity contribution in [3.63, 3.8) is 0 Å². The van der Waals surface area contributed by atoms with Crippen molar-refractivity contribution < 1.29 is 9.53 Å². The Bertz CT molecular complexity index is 603. The van der Waals surface area contributed by atoms with Crippen LogP contribution >= 0.6 is 23.4 Å². The van der Waals surface area contributed by atoms with E-state index in [4.69, 9.17) is 16.3 Å². The number of carbonyl (C=O) groups excluding carboxylic acids is 1. The Morgan fingerprint density at radius 1 is 1.48 bits per heavy atom. The van der Waals surface area contributed by atoms with Crippen LogP contribution < -0.4 is 0 Å². The van der Waals surface area contributed by atoms with Gasteiger partial charge in [0.05, 0.1) is 18.0 Å². The Morgan fingerprint density at radius 3 is 3.10 bits per heavy atom. The van der Waals surface area contributed by atoms with Crippen molar-refractivity contribution >= 4 is 29.3 Å². The molecule has 0 radical (unpaired) electrons. The van der Waals surface area contributed by atoms with Crippen LogP contribution in [-0.2, 0) is 9.53 Å². The fourth-order valence-electron chi connectivity index (χ4n) is 1.62. The minimum Gasteiger partial charge on any atom is -0.465 e. The molecule has 1 heterocycles. The molecule has 0 bridgehead atoms. The molecule has 1 aromatic heterocycles. The quantitative estimate of drug-likeness (QED) is 0.444. The highest BCUT2D eigenvalue weighted by Gasteiger charge is 2.11. The van der Waals surface area contributed by atoms with Gasteiger partial charge in [0.25, 0.3) is 0 Å². The average molecular weight is 326 g/mol. The molecule has 0 amide bonds. The van der Waals surface area contributed by atoms with Gasteiger partial charge >= 0.3 is 5.97 Å². The van der Waals surface area contributed by atoms with E-state index in [0.29, 0.717) is 16.8 Å². The SMILES string of the molecule is CCCCOC(=O)CSc1nncn1-c1cccc(Cl)c1. The van der Waals surface area contributed by atoms with Crippen LogP contribution in [0.1, 0.15) is 19.8 Å². The molecule has 0 saturated carbocycles. The predicted octanol–water partition coefficient (Wildman–Crippen LogP) is 3.36. The molecule has 21 heavy (non-hydrogen) atoms. The fourth-order valence-corrected chi connectivity index (χ4v) is 2.53. The lowest BCUT2D eigenvalue weighted by Crippen LogP contribution is -2.09. The summed E-state index contributed by atoms with van der Waals surface area (Å²) in [6.07, 6.45) is 3.48. The van der Waals surface area contributed by atoms with Crippen LogP contribution in [-0.4, -0.2) is 33.1 Å². The molecule has 2 aromatic rings. The molecule has 0 N–H and O–H groups in total. The molecule has 0 fully saturated rings. The lowest BCUT2D eigenvalue weighted by Gasteiger charge is -2.06. The maximum Gasteiger partial charge on any atom is 0.316 e. The molecule has 0 aliphatic carbocycles. The Kier molecular flexibility index (Phi) is 6.07. The lowest BCUT2D eigenvalue weighted by molar-refractivity contribution is -0.140. The van der Waals surface area contributed by atoms with Gasteiger partial charge in [-0.3, -0.25) is 9.36 Å². The van der Waals surface area contributed by atoms with Gasteiger partial charge in [0.1, 0.15) is 6.33 Å². The summed E-state index contributed by atoms with van der Waals surface area (Å²) in [5, 5.41) is 9.16. The van der Waals surface area contributed by atoms with Gasteiger partial charge in [0, 0.05) is 5.02 Å². The second-order valence-corrected chi connectivity index (χ2v) is 5.71. The summed E-state index contributed by atoms with van der Waals surface area (Å²) >= 11 is 7.27. The molecule has 1 aromatic carbocycles. The van der Waals surface area contributed by atoms with E-state index in [1.54, 1.807) is 17.0 Å². The van der Waals surface area contributed by atoms with Crippen molar-refractivity contribution in [3.05, 3.63) is 35.6 Å². The first kappa shape index (κ1) is 15.9. The van der Waals surface area contributed by atoms with Gasteiger partial charge in [0.15, 0.2) is 5.16 Å². The molecule has 7 heteroatoms. The molecule has 2 rings (SSSR count). The minimum atomic E-state index is -0.242. The second-order valence-electron chi connectivity index (χ2n) is 4.33. The number of hydrogen-bond donors (Lipinski definition) is 0. The molecule has 0 unspecified atom stereocenters. The van der Waals surface area contributed by atoms with Crippen LogP contribution in [0.5, 0.6) is 0 Å². The predicted molar refractivity (Wildman–Crippen MR) is 83.0 cm³/mol. The number of rotatable bonds is 7. The van der Waals surface area contributed by atoms with Crippen LogP contribution in [0.3, 0.4) is 0 Å². The fraction of sp³-hybridized carbons (Fsp3) is 0.357. The first-order chi connectivity index (χ1) is 10.2. The molecule has 0 aliphatic rings. The number of benzene rings is 1. The van der Waals surface area contributed by atoms with E-state index >= 15 is 0 Å². The third-order valence-corrected chi connectivity index (χ3v) is 3.83. The van der Waals surface area contributed by atoms with E-state index in [1.165, 1.54) is 11.8 Å². The number of nitrogens with zero attached hydrogens (tertiary/aromatic N) is 3. The Hall–Kier alpha value is -1.53. The molecular formula is C14H16ClN3O2S. The van der Waals surface area contributed by atoms with Crippen molar-refractivity contribution in [2.24, 2.45) is 0 Å². The van der Waals surface area contributed by atoms with E-state index < -0.39 is 0 Å². The van der Waals surface area contributed by atoms with Gasteiger partial charge < -0.3 is 4.74 Å².